The Hall–Kier alpha value is -4.63. The SMILES string of the molecule is CC(=O)Oc1ccc(N2C(=O)[C@@H]3[C@H](C(C)C)N[C@@]4(c5ccccc5-n5c4nc4ccccc4c5=O)[C@H]3C2=O)cc1. The second-order valence-electron chi connectivity index (χ2n) is 10.9. The number of anilines is 1. The number of amides is 2. The van der Waals surface area contributed by atoms with Crippen molar-refractivity contribution in [3.63, 3.8) is 0 Å². The number of esters is 1. The molecule has 0 radical (unpaired) electrons. The van der Waals surface area contributed by atoms with Crippen LogP contribution in [0.15, 0.2) is 77.6 Å². The number of para-hydroxylation sites is 2. The van der Waals surface area contributed by atoms with E-state index < -0.39 is 23.3 Å². The number of carbonyl (C=O) groups excluding carboxylic acids is 3. The Labute approximate surface area is 229 Å². The van der Waals surface area contributed by atoms with Crippen LogP contribution in [0.25, 0.3) is 16.6 Å². The molecule has 0 saturated carbocycles. The average Bonchev–Trinajstić information content (AvgIpc) is 3.53. The highest BCUT2D eigenvalue weighted by molar-refractivity contribution is 6.23. The lowest BCUT2D eigenvalue weighted by atomic mass is 9.75. The summed E-state index contributed by atoms with van der Waals surface area (Å²) in [5.41, 5.74) is 0.937. The fourth-order valence-corrected chi connectivity index (χ4v) is 6.81. The number of carbonyl (C=O) groups is 3. The van der Waals surface area contributed by atoms with Crippen LogP contribution in [-0.2, 0) is 19.9 Å². The predicted octanol–water partition coefficient (Wildman–Crippen LogP) is 3.30. The van der Waals surface area contributed by atoms with Gasteiger partial charge in [0.05, 0.1) is 34.1 Å². The molecular weight excluding hydrogens is 508 g/mol. The molecule has 4 atom stereocenters. The fourth-order valence-electron chi connectivity index (χ4n) is 6.81. The molecule has 0 aliphatic carbocycles. The Morgan fingerprint density at radius 3 is 2.38 bits per heavy atom. The minimum atomic E-state index is -1.18. The van der Waals surface area contributed by atoms with Gasteiger partial charge in [0.1, 0.15) is 17.1 Å². The number of nitrogens with zero attached hydrogens (tertiary/aromatic N) is 3. The summed E-state index contributed by atoms with van der Waals surface area (Å²) in [4.78, 5) is 60.0. The average molecular weight is 535 g/mol. The van der Waals surface area contributed by atoms with Gasteiger partial charge in [0.2, 0.25) is 11.8 Å². The molecule has 2 amide bonds. The standard InChI is InChI=1S/C31H26N4O5/c1-16(2)26-24-25(29(39)34(28(24)38)18-12-14-19(15-13-18)40-17(3)36)31(33-26)21-9-5-7-11-23(21)35-27(37)20-8-4-6-10-22(20)32-30(31)35/h4-16,24-26,33H,1-3H3/t24-,25+,26-,31-/m0/s1. The summed E-state index contributed by atoms with van der Waals surface area (Å²) in [6.07, 6.45) is 0. The second-order valence-corrected chi connectivity index (χ2v) is 10.9. The van der Waals surface area contributed by atoms with Crippen molar-refractivity contribution in [2.45, 2.75) is 32.4 Å². The van der Waals surface area contributed by atoms with Gasteiger partial charge in [0.25, 0.3) is 5.56 Å². The molecule has 3 aromatic carbocycles. The lowest BCUT2D eigenvalue weighted by molar-refractivity contribution is -0.132. The van der Waals surface area contributed by atoms with Gasteiger partial charge in [-0.3, -0.25) is 29.1 Å². The monoisotopic (exact) mass is 534 g/mol. The molecular formula is C31H26N4O5. The van der Waals surface area contributed by atoms with Gasteiger partial charge < -0.3 is 4.74 Å². The van der Waals surface area contributed by atoms with Gasteiger partial charge in [-0.05, 0) is 48.4 Å². The lowest BCUT2D eigenvalue weighted by Gasteiger charge is -2.32. The molecule has 2 fully saturated rings. The number of fused-ring (bicyclic) bond motifs is 8. The molecule has 1 N–H and O–H groups in total. The predicted molar refractivity (Wildman–Crippen MR) is 147 cm³/mol. The summed E-state index contributed by atoms with van der Waals surface area (Å²) >= 11 is 0. The Kier molecular flexibility index (Phi) is 5.15. The van der Waals surface area contributed by atoms with Crippen molar-refractivity contribution in [3.8, 4) is 11.4 Å². The topological polar surface area (TPSA) is 111 Å². The Bertz CT molecular complexity index is 1810. The van der Waals surface area contributed by atoms with Crippen LogP contribution < -0.4 is 20.5 Å². The van der Waals surface area contributed by atoms with Crippen molar-refractivity contribution >= 4 is 34.4 Å². The molecule has 9 heteroatoms. The number of benzene rings is 3. The highest BCUT2D eigenvalue weighted by atomic mass is 16.5. The molecule has 3 aliphatic heterocycles. The van der Waals surface area contributed by atoms with Gasteiger partial charge >= 0.3 is 5.97 Å². The molecule has 0 unspecified atom stereocenters. The third-order valence-electron chi connectivity index (χ3n) is 8.37. The summed E-state index contributed by atoms with van der Waals surface area (Å²) < 4.78 is 6.73. The highest BCUT2D eigenvalue weighted by Gasteiger charge is 2.70. The maximum Gasteiger partial charge on any atom is 0.308 e. The van der Waals surface area contributed by atoms with E-state index in [-0.39, 0.29) is 29.3 Å². The van der Waals surface area contributed by atoms with E-state index in [2.05, 4.69) is 5.32 Å². The van der Waals surface area contributed by atoms with Crippen molar-refractivity contribution in [1.82, 2.24) is 14.9 Å². The number of rotatable bonds is 3. The van der Waals surface area contributed by atoms with Crippen LogP contribution in [0.2, 0.25) is 0 Å². The van der Waals surface area contributed by atoms with E-state index in [1.807, 2.05) is 44.2 Å². The van der Waals surface area contributed by atoms with Crippen LogP contribution in [0.4, 0.5) is 5.69 Å². The maximum absolute atomic E-state index is 14.4. The molecule has 9 nitrogen and oxygen atoms in total. The van der Waals surface area contributed by atoms with Crippen molar-refractivity contribution in [2.75, 3.05) is 4.90 Å². The molecule has 2 saturated heterocycles. The van der Waals surface area contributed by atoms with E-state index in [9.17, 15) is 19.2 Å². The van der Waals surface area contributed by atoms with Gasteiger partial charge in [-0.15, -0.1) is 0 Å². The quantitative estimate of drug-likeness (QED) is 0.244. The number of nitrogens with one attached hydrogen (secondary N) is 1. The fraction of sp³-hybridized carbons (Fsp3) is 0.258. The number of ether oxygens (including phenoxy) is 1. The van der Waals surface area contributed by atoms with Crippen molar-refractivity contribution in [2.24, 2.45) is 17.8 Å². The summed E-state index contributed by atoms with van der Waals surface area (Å²) in [5, 5.41) is 4.17. The Morgan fingerprint density at radius 1 is 0.950 bits per heavy atom. The summed E-state index contributed by atoms with van der Waals surface area (Å²) in [7, 11) is 0. The first-order chi connectivity index (χ1) is 19.2. The number of hydrogen-bond donors (Lipinski definition) is 1. The Balaban J connectivity index is 1.45. The van der Waals surface area contributed by atoms with Crippen LogP contribution in [0, 0.1) is 17.8 Å². The van der Waals surface area contributed by atoms with Crippen LogP contribution in [0.5, 0.6) is 5.75 Å². The zero-order valence-corrected chi connectivity index (χ0v) is 22.1. The smallest absolute Gasteiger partial charge is 0.308 e. The molecule has 0 bridgehead atoms. The first kappa shape index (κ1) is 24.4. The molecule has 40 heavy (non-hydrogen) atoms. The summed E-state index contributed by atoms with van der Waals surface area (Å²) in [6.45, 7) is 5.34. The van der Waals surface area contributed by atoms with E-state index in [1.54, 1.807) is 47.0 Å². The van der Waals surface area contributed by atoms with Crippen molar-refractivity contribution < 1.29 is 19.1 Å². The van der Waals surface area contributed by atoms with Crippen molar-refractivity contribution in [1.29, 1.82) is 0 Å². The van der Waals surface area contributed by atoms with E-state index in [1.165, 1.54) is 11.8 Å². The molecule has 1 spiro atoms. The van der Waals surface area contributed by atoms with E-state index in [0.29, 0.717) is 33.9 Å². The third kappa shape index (κ3) is 3.09. The van der Waals surface area contributed by atoms with E-state index >= 15 is 0 Å². The first-order valence-corrected chi connectivity index (χ1v) is 13.3. The largest absolute Gasteiger partial charge is 0.427 e. The zero-order valence-electron chi connectivity index (χ0n) is 22.1. The van der Waals surface area contributed by atoms with Crippen LogP contribution in [0.1, 0.15) is 32.2 Å². The number of imide groups is 1. The summed E-state index contributed by atoms with van der Waals surface area (Å²) in [5.74, 6) is -1.90. The van der Waals surface area contributed by atoms with Crippen molar-refractivity contribution in [3.05, 3.63) is 94.5 Å². The molecule has 3 aliphatic rings. The normalized spacial score (nSPS) is 24.6. The molecule has 1 aromatic heterocycles. The highest BCUT2D eigenvalue weighted by Crippen LogP contribution is 2.56. The van der Waals surface area contributed by atoms with Crippen LogP contribution in [-0.4, -0.2) is 33.4 Å². The minimum Gasteiger partial charge on any atom is -0.427 e. The van der Waals surface area contributed by atoms with Gasteiger partial charge in [-0.25, -0.2) is 9.88 Å². The zero-order chi connectivity index (χ0) is 27.9. The summed E-state index contributed by atoms with van der Waals surface area (Å²) in [6, 6.07) is 20.7. The van der Waals surface area contributed by atoms with Gasteiger partial charge in [-0.1, -0.05) is 44.2 Å². The first-order valence-electron chi connectivity index (χ1n) is 13.3. The lowest BCUT2D eigenvalue weighted by Crippen LogP contribution is -2.51. The van der Waals surface area contributed by atoms with Crippen LogP contribution in [0.3, 0.4) is 0 Å². The second kappa shape index (κ2) is 8.43. The molecule has 4 heterocycles. The number of hydrogen-bond acceptors (Lipinski definition) is 7. The van der Waals surface area contributed by atoms with Crippen LogP contribution >= 0.6 is 0 Å². The Morgan fingerprint density at radius 2 is 1.65 bits per heavy atom. The molecule has 200 valence electrons. The third-order valence-corrected chi connectivity index (χ3v) is 8.37. The van der Waals surface area contributed by atoms with Gasteiger partial charge in [0.15, 0.2) is 0 Å². The molecule has 7 rings (SSSR count). The van der Waals surface area contributed by atoms with Gasteiger partial charge in [0, 0.05) is 18.5 Å². The van der Waals surface area contributed by atoms with E-state index in [0.717, 1.165) is 5.56 Å². The maximum atomic E-state index is 14.4. The van der Waals surface area contributed by atoms with E-state index in [4.69, 9.17) is 9.72 Å². The molecule has 4 aromatic rings. The number of aromatic nitrogens is 2. The minimum absolute atomic E-state index is 0.00306. The van der Waals surface area contributed by atoms with Gasteiger partial charge in [-0.2, -0.15) is 0 Å².